The van der Waals surface area contributed by atoms with Crippen molar-refractivity contribution in [2.24, 2.45) is 4.99 Å². The van der Waals surface area contributed by atoms with E-state index in [0.29, 0.717) is 12.1 Å². The molecule has 2 aromatic carbocycles. The summed E-state index contributed by atoms with van der Waals surface area (Å²) in [7, 11) is 5.29. The van der Waals surface area contributed by atoms with Gasteiger partial charge in [0, 0.05) is 39.8 Å². The number of carbonyl (C=O) groups is 1. The predicted molar refractivity (Wildman–Crippen MR) is 139 cm³/mol. The minimum atomic E-state index is 0. The van der Waals surface area contributed by atoms with Crippen LogP contribution in [0.3, 0.4) is 0 Å². The maximum Gasteiger partial charge on any atom is 0.253 e. The van der Waals surface area contributed by atoms with Gasteiger partial charge in [0.2, 0.25) is 0 Å². The molecule has 0 aliphatic rings. The van der Waals surface area contributed by atoms with Crippen LogP contribution in [0.25, 0.3) is 0 Å². The average Bonchev–Trinajstić information content (AvgIpc) is 2.76. The van der Waals surface area contributed by atoms with Gasteiger partial charge in [0.1, 0.15) is 5.75 Å². The molecule has 170 valence electrons. The van der Waals surface area contributed by atoms with Crippen LogP contribution in [0.4, 0.5) is 0 Å². The van der Waals surface area contributed by atoms with Crippen molar-refractivity contribution in [1.29, 1.82) is 0 Å². The zero-order valence-corrected chi connectivity index (χ0v) is 21.3. The normalized spacial score (nSPS) is 10.8. The Bertz CT molecular complexity index is 840. The molecule has 0 fully saturated rings. The van der Waals surface area contributed by atoms with Crippen molar-refractivity contribution in [3.05, 3.63) is 65.2 Å². The van der Waals surface area contributed by atoms with Crippen LogP contribution in [-0.2, 0) is 13.0 Å². The maximum absolute atomic E-state index is 12.1. The number of guanidine groups is 1. The molecule has 31 heavy (non-hydrogen) atoms. The van der Waals surface area contributed by atoms with Gasteiger partial charge in [-0.3, -0.25) is 9.79 Å². The lowest BCUT2D eigenvalue weighted by atomic mass is 10.1. The summed E-state index contributed by atoms with van der Waals surface area (Å²) in [5.41, 5.74) is 2.96. The molecular formula is C24H35IN4O2. The predicted octanol–water partition coefficient (Wildman–Crippen LogP) is 4.09. The molecule has 2 N–H and O–H groups in total. The summed E-state index contributed by atoms with van der Waals surface area (Å²) in [6, 6.07) is 15.9. The van der Waals surface area contributed by atoms with E-state index in [2.05, 4.69) is 34.7 Å². The van der Waals surface area contributed by atoms with Gasteiger partial charge >= 0.3 is 0 Å². The quantitative estimate of drug-likeness (QED) is 0.207. The SMILES string of the molecule is CCCCOc1cccc(CNC(=NC)NCCc2cccc(C(=O)N(C)C)c2)c1.I. The van der Waals surface area contributed by atoms with Crippen LogP contribution < -0.4 is 15.4 Å². The van der Waals surface area contributed by atoms with E-state index in [4.69, 9.17) is 4.74 Å². The van der Waals surface area contributed by atoms with E-state index in [-0.39, 0.29) is 29.9 Å². The number of nitrogens with one attached hydrogen (secondary N) is 2. The Morgan fingerprint density at radius 2 is 1.81 bits per heavy atom. The summed E-state index contributed by atoms with van der Waals surface area (Å²) in [6.45, 7) is 4.29. The Kier molecular flexibility index (Phi) is 12.7. The van der Waals surface area contributed by atoms with Crippen molar-refractivity contribution >= 4 is 35.8 Å². The standard InChI is InChI=1S/C24H34N4O2.HI/c1-5-6-15-30-22-12-8-10-20(17-22)18-27-24(25-2)26-14-13-19-9-7-11-21(16-19)23(29)28(3)4;/h7-12,16-17H,5-6,13-15,18H2,1-4H3,(H2,25,26,27);1H. The van der Waals surface area contributed by atoms with Crippen molar-refractivity contribution in [3.8, 4) is 5.75 Å². The third-order valence-electron chi connectivity index (χ3n) is 4.63. The Morgan fingerprint density at radius 3 is 2.52 bits per heavy atom. The molecule has 1 amide bonds. The fourth-order valence-corrected chi connectivity index (χ4v) is 2.93. The molecule has 0 saturated carbocycles. The second-order valence-corrected chi connectivity index (χ2v) is 7.35. The first-order valence-corrected chi connectivity index (χ1v) is 10.5. The van der Waals surface area contributed by atoms with Gasteiger partial charge in [-0.25, -0.2) is 0 Å². The molecular weight excluding hydrogens is 503 g/mol. The maximum atomic E-state index is 12.1. The summed E-state index contributed by atoms with van der Waals surface area (Å²) in [5, 5.41) is 6.66. The van der Waals surface area contributed by atoms with Gasteiger partial charge in [0.25, 0.3) is 5.91 Å². The molecule has 0 heterocycles. The largest absolute Gasteiger partial charge is 0.494 e. The van der Waals surface area contributed by atoms with Gasteiger partial charge in [0.05, 0.1) is 6.61 Å². The highest BCUT2D eigenvalue weighted by atomic mass is 127. The first-order chi connectivity index (χ1) is 14.5. The van der Waals surface area contributed by atoms with Crippen molar-refractivity contribution in [2.45, 2.75) is 32.7 Å². The summed E-state index contributed by atoms with van der Waals surface area (Å²) >= 11 is 0. The molecule has 0 atom stereocenters. The topological polar surface area (TPSA) is 66.0 Å². The summed E-state index contributed by atoms with van der Waals surface area (Å²) in [5.74, 6) is 1.66. The summed E-state index contributed by atoms with van der Waals surface area (Å²) < 4.78 is 5.77. The Balaban J connectivity index is 0.00000480. The van der Waals surface area contributed by atoms with Crippen LogP contribution in [0.1, 0.15) is 41.3 Å². The summed E-state index contributed by atoms with van der Waals surface area (Å²) in [6.07, 6.45) is 2.99. The number of ether oxygens (including phenoxy) is 1. The Hall–Kier alpha value is -2.29. The zero-order valence-electron chi connectivity index (χ0n) is 19.0. The van der Waals surface area contributed by atoms with Gasteiger partial charge in [0.15, 0.2) is 5.96 Å². The fraction of sp³-hybridized carbons (Fsp3) is 0.417. The number of amides is 1. The molecule has 0 aliphatic heterocycles. The minimum absolute atomic E-state index is 0. The third-order valence-corrected chi connectivity index (χ3v) is 4.63. The highest BCUT2D eigenvalue weighted by Gasteiger charge is 2.08. The van der Waals surface area contributed by atoms with Crippen LogP contribution in [0, 0.1) is 0 Å². The lowest BCUT2D eigenvalue weighted by Crippen LogP contribution is -2.37. The lowest BCUT2D eigenvalue weighted by Gasteiger charge is -2.14. The fourth-order valence-electron chi connectivity index (χ4n) is 2.93. The molecule has 0 bridgehead atoms. The molecule has 0 unspecified atom stereocenters. The smallest absolute Gasteiger partial charge is 0.253 e. The van der Waals surface area contributed by atoms with Gasteiger partial charge in [-0.15, -0.1) is 24.0 Å². The molecule has 2 rings (SSSR count). The number of halogens is 1. The number of rotatable bonds is 10. The lowest BCUT2D eigenvalue weighted by molar-refractivity contribution is 0.0827. The van der Waals surface area contributed by atoms with E-state index >= 15 is 0 Å². The minimum Gasteiger partial charge on any atom is -0.494 e. The number of benzene rings is 2. The number of carbonyl (C=O) groups excluding carboxylic acids is 1. The molecule has 0 radical (unpaired) electrons. The van der Waals surface area contributed by atoms with Crippen molar-refractivity contribution < 1.29 is 9.53 Å². The molecule has 0 saturated heterocycles. The molecule has 2 aromatic rings. The number of aliphatic imine (C=N–C) groups is 1. The van der Waals surface area contributed by atoms with E-state index < -0.39 is 0 Å². The summed E-state index contributed by atoms with van der Waals surface area (Å²) in [4.78, 5) is 18.0. The Morgan fingerprint density at radius 1 is 1.06 bits per heavy atom. The van der Waals surface area contributed by atoms with Crippen molar-refractivity contribution in [3.63, 3.8) is 0 Å². The molecule has 0 aromatic heterocycles. The monoisotopic (exact) mass is 538 g/mol. The third kappa shape index (κ3) is 9.59. The van der Waals surface area contributed by atoms with E-state index in [1.165, 1.54) is 0 Å². The zero-order chi connectivity index (χ0) is 21.8. The molecule has 0 spiro atoms. The van der Waals surface area contributed by atoms with E-state index in [1.807, 2.05) is 36.4 Å². The van der Waals surface area contributed by atoms with Crippen LogP contribution in [0.2, 0.25) is 0 Å². The van der Waals surface area contributed by atoms with E-state index in [9.17, 15) is 4.79 Å². The van der Waals surface area contributed by atoms with Crippen LogP contribution in [0.5, 0.6) is 5.75 Å². The van der Waals surface area contributed by atoms with Crippen LogP contribution >= 0.6 is 24.0 Å². The second kappa shape index (κ2) is 14.7. The van der Waals surface area contributed by atoms with Crippen LogP contribution in [-0.4, -0.2) is 51.1 Å². The van der Waals surface area contributed by atoms with Crippen molar-refractivity contribution in [1.82, 2.24) is 15.5 Å². The molecule has 0 aliphatic carbocycles. The number of hydrogen-bond acceptors (Lipinski definition) is 3. The van der Waals surface area contributed by atoms with Gasteiger partial charge in [-0.2, -0.15) is 0 Å². The molecule has 6 nitrogen and oxygen atoms in total. The highest BCUT2D eigenvalue weighted by molar-refractivity contribution is 14.0. The van der Waals surface area contributed by atoms with E-state index in [0.717, 1.165) is 55.3 Å². The van der Waals surface area contributed by atoms with E-state index in [1.54, 1.807) is 26.0 Å². The average molecular weight is 538 g/mol. The van der Waals surface area contributed by atoms with Crippen LogP contribution in [0.15, 0.2) is 53.5 Å². The van der Waals surface area contributed by atoms with Gasteiger partial charge in [-0.05, 0) is 48.2 Å². The van der Waals surface area contributed by atoms with Gasteiger partial charge < -0.3 is 20.3 Å². The number of unbranched alkanes of at least 4 members (excludes halogenated alkanes) is 1. The highest BCUT2D eigenvalue weighted by Crippen LogP contribution is 2.13. The molecule has 7 heteroatoms. The Labute approximate surface area is 203 Å². The first kappa shape index (κ1) is 26.7. The first-order valence-electron chi connectivity index (χ1n) is 10.5. The number of hydrogen-bond donors (Lipinski definition) is 2. The number of nitrogens with zero attached hydrogens (tertiary/aromatic N) is 2. The van der Waals surface area contributed by atoms with Gasteiger partial charge in [-0.1, -0.05) is 37.6 Å². The van der Waals surface area contributed by atoms with Crippen molar-refractivity contribution in [2.75, 3.05) is 34.3 Å². The second-order valence-electron chi connectivity index (χ2n) is 7.35.